The van der Waals surface area contributed by atoms with Gasteiger partial charge in [0.05, 0.1) is 6.10 Å². The van der Waals surface area contributed by atoms with E-state index in [9.17, 15) is 9.59 Å². The van der Waals surface area contributed by atoms with Gasteiger partial charge in [-0.25, -0.2) is 0 Å². The molecule has 96 valence electrons. The van der Waals surface area contributed by atoms with Crippen LogP contribution in [0.2, 0.25) is 0 Å². The number of carboxylic acid groups (broad SMARTS) is 1. The Kier molecular flexibility index (Phi) is 3.23. The quantitative estimate of drug-likeness (QED) is 0.649. The van der Waals surface area contributed by atoms with Crippen molar-refractivity contribution in [3.8, 4) is 5.75 Å². The number of carboxylic acids is 1. The zero-order chi connectivity index (χ0) is 13.3. The standard InChI is InChI=1S/C13H15NO4/c1-8(2)18-10-5-3-9(4-6-10)14-7-11(12(14)15)13(16)17/h3-6,8,11H,7H2,1-2H3,(H,16,17). The molecule has 18 heavy (non-hydrogen) atoms. The number of ether oxygens (including phenoxy) is 1. The predicted octanol–water partition coefficient (Wildman–Crippen LogP) is 1.52. The van der Waals surface area contributed by atoms with Crippen molar-refractivity contribution >= 4 is 17.6 Å². The lowest BCUT2D eigenvalue weighted by molar-refractivity contribution is -0.149. The van der Waals surface area contributed by atoms with Crippen LogP contribution in [0.15, 0.2) is 24.3 Å². The third kappa shape index (κ3) is 2.30. The first-order valence-corrected chi connectivity index (χ1v) is 5.80. The van der Waals surface area contributed by atoms with Crippen LogP contribution in [-0.2, 0) is 9.59 Å². The van der Waals surface area contributed by atoms with Crippen LogP contribution in [0.3, 0.4) is 0 Å². The van der Waals surface area contributed by atoms with Crippen LogP contribution in [0.25, 0.3) is 0 Å². The van der Waals surface area contributed by atoms with Gasteiger partial charge in [0.2, 0.25) is 5.91 Å². The molecule has 0 radical (unpaired) electrons. The van der Waals surface area contributed by atoms with E-state index >= 15 is 0 Å². The predicted molar refractivity (Wildman–Crippen MR) is 65.7 cm³/mol. The van der Waals surface area contributed by atoms with E-state index in [1.54, 1.807) is 24.3 Å². The number of β-lactam (4-membered cyclic amide) rings is 1. The Morgan fingerprint density at radius 3 is 2.44 bits per heavy atom. The van der Waals surface area contributed by atoms with Gasteiger partial charge >= 0.3 is 5.97 Å². The van der Waals surface area contributed by atoms with Gasteiger partial charge in [0.15, 0.2) is 5.92 Å². The number of rotatable bonds is 4. The lowest BCUT2D eigenvalue weighted by Crippen LogP contribution is -2.56. The van der Waals surface area contributed by atoms with Gasteiger partial charge in [0.25, 0.3) is 0 Å². The molecule has 1 aromatic rings. The van der Waals surface area contributed by atoms with Crippen molar-refractivity contribution in [3.05, 3.63) is 24.3 Å². The summed E-state index contributed by atoms with van der Waals surface area (Å²) >= 11 is 0. The summed E-state index contributed by atoms with van der Waals surface area (Å²) in [6.45, 7) is 4.10. The summed E-state index contributed by atoms with van der Waals surface area (Å²) < 4.78 is 5.49. The Morgan fingerprint density at radius 2 is 2.00 bits per heavy atom. The first-order chi connectivity index (χ1) is 8.49. The van der Waals surface area contributed by atoms with E-state index in [4.69, 9.17) is 9.84 Å². The largest absolute Gasteiger partial charge is 0.491 e. The SMILES string of the molecule is CC(C)Oc1ccc(N2CC(C(=O)O)C2=O)cc1. The lowest BCUT2D eigenvalue weighted by atomic mass is 9.98. The molecule has 5 heteroatoms. The van der Waals surface area contributed by atoms with Crippen LogP contribution in [0.1, 0.15) is 13.8 Å². The molecule has 5 nitrogen and oxygen atoms in total. The highest BCUT2D eigenvalue weighted by Gasteiger charge is 2.42. The maximum Gasteiger partial charge on any atom is 0.317 e. The lowest BCUT2D eigenvalue weighted by Gasteiger charge is -2.35. The maximum absolute atomic E-state index is 11.6. The zero-order valence-electron chi connectivity index (χ0n) is 10.3. The van der Waals surface area contributed by atoms with Crippen LogP contribution >= 0.6 is 0 Å². The summed E-state index contributed by atoms with van der Waals surface area (Å²) in [7, 11) is 0. The van der Waals surface area contributed by atoms with Crippen LogP contribution in [0.4, 0.5) is 5.69 Å². The topological polar surface area (TPSA) is 66.8 Å². The number of hydrogen-bond acceptors (Lipinski definition) is 3. The summed E-state index contributed by atoms with van der Waals surface area (Å²) in [5.41, 5.74) is 0.702. The van der Waals surface area contributed by atoms with Gasteiger partial charge in [-0.2, -0.15) is 0 Å². The van der Waals surface area contributed by atoms with Crippen LogP contribution in [0.5, 0.6) is 5.75 Å². The molecule has 1 saturated heterocycles. The van der Waals surface area contributed by atoms with Crippen molar-refractivity contribution < 1.29 is 19.4 Å². The number of carbonyl (C=O) groups is 2. The number of benzene rings is 1. The molecule has 1 aliphatic rings. The minimum Gasteiger partial charge on any atom is -0.491 e. The van der Waals surface area contributed by atoms with E-state index in [1.807, 2.05) is 13.8 Å². The third-order valence-electron chi connectivity index (χ3n) is 2.75. The summed E-state index contributed by atoms with van der Waals surface area (Å²) in [4.78, 5) is 23.7. The Morgan fingerprint density at radius 1 is 1.39 bits per heavy atom. The summed E-state index contributed by atoms with van der Waals surface area (Å²) in [5, 5.41) is 8.74. The van der Waals surface area contributed by atoms with Crippen LogP contribution < -0.4 is 9.64 Å². The highest BCUT2D eigenvalue weighted by Crippen LogP contribution is 2.28. The van der Waals surface area contributed by atoms with E-state index in [-0.39, 0.29) is 18.6 Å². The average Bonchev–Trinajstić information content (AvgIpc) is 2.28. The first-order valence-electron chi connectivity index (χ1n) is 5.80. The van der Waals surface area contributed by atoms with Gasteiger partial charge in [0.1, 0.15) is 5.75 Å². The van der Waals surface area contributed by atoms with E-state index < -0.39 is 11.9 Å². The van der Waals surface area contributed by atoms with E-state index in [2.05, 4.69) is 0 Å². The highest BCUT2D eigenvalue weighted by atomic mass is 16.5. The molecule has 1 aliphatic heterocycles. The fraction of sp³-hybridized carbons (Fsp3) is 0.385. The third-order valence-corrected chi connectivity index (χ3v) is 2.75. The number of anilines is 1. The van der Waals surface area contributed by atoms with Gasteiger partial charge in [-0.3, -0.25) is 9.59 Å². The summed E-state index contributed by atoms with van der Waals surface area (Å²) in [6.07, 6.45) is 0.0953. The van der Waals surface area contributed by atoms with Gasteiger partial charge < -0.3 is 14.7 Å². The smallest absolute Gasteiger partial charge is 0.317 e. The van der Waals surface area contributed by atoms with E-state index in [0.29, 0.717) is 5.69 Å². The summed E-state index contributed by atoms with van der Waals surface area (Å²) in [5.74, 6) is -1.58. The second-order valence-electron chi connectivity index (χ2n) is 4.50. The van der Waals surface area contributed by atoms with Gasteiger partial charge in [-0.05, 0) is 38.1 Å². The Labute approximate surface area is 105 Å². The van der Waals surface area contributed by atoms with E-state index in [0.717, 1.165) is 5.75 Å². The number of carbonyl (C=O) groups excluding carboxylic acids is 1. The Balaban J connectivity index is 2.04. The van der Waals surface area contributed by atoms with Crippen molar-refractivity contribution in [1.29, 1.82) is 0 Å². The number of aliphatic carboxylic acids is 1. The molecule has 1 atom stereocenters. The molecular weight excluding hydrogens is 234 g/mol. The molecule has 1 amide bonds. The molecule has 0 spiro atoms. The molecule has 0 aromatic heterocycles. The highest BCUT2D eigenvalue weighted by molar-refractivity contribution is 6.12. The monoisotopic (exact) mass is 249 g/mol. The van der Waals surface area contributed by atoms with Crippen molar-refractivity contribution in [2.45, 2.75) is 20.0 Å². The fourth-order valence-corrected chi connectivity index (χ4v) is 1.82. The molecule has 1 N–H and O–H groups in total. The van der Waals surface area contributed by atoms with Crippen molar-refractivity contribution in [2.24, 2.45) is 5.92 Å². The molecule has 0 saturated carbocycles. The van der Waals surface area contributed by atoms with Crippen molar-refractivity contribution in [1.82, 2.24) is 0 Å². The molecule has 1 fully saturated rings. The molecule has 0 aliphatic carbocycles. The molecule has 2 rings (SSSR count). The van der Waals surface area contributed by atoms with Gasteiger partial charge in [-0.15, -0.1) is 0 Å². The molecule has 1 unspecified atom stereocenters. The second kappa shape index (κ2) is 4.68. The molecule has 1 aromatic carbocycles. The maximum atomic E-state index is 11.6. The average molecular weight is 249 g/mol. The van der Waals surface area contributed by atoms with Crippen LogP contribution in [-0.4, -0.2) is 29.6 Å². The minimum atomic E-state index is -1.06. The Hall–Kier alpha value is -2.04. The van der Waals surface area contributed by atoms with Crippen LogP contribution in [0, 0.1) is 5.92 Å². The number of hydrogen-bond donors (Lipinski definition) is 1. The van der Waals surface area contributed by atoms with Gasteiger partial charge in [0, 0.05) is 12.2 Å². The fourth-order valence-electron chi connectivity index (χ4n) is 1.82. The van der Waals surface area contributed by atoms with Gasteiger partial charge in [-0.1, -0.05) is 0 Å². The second-order valence-corrected chi connectivity index (χ2v) is 4.50. The van der Waals surface area contributed by atoms with E-state index in [1.165, 1.54) is 4.90 Å². The molecule has 1 heterocycles. The van der Waals surface area contributed by atoms with Crippen molar-refractivity contribution in [2.75, 3.05) is 11.4 Å². The molecule has 0 bridgehead atoms. The minimum absolute atomic E-state index is 0.0953. The number of nitrogens with zero attached hydrogens (tertiary/aromatic N) is 1. The van der Waals surface area contributed by atoms with Crippen molar-refractivity contribution in [3.63, 3.8) is 0 Å². The Bertz CT molecular complexity index is 466. The molecular formula is C13H15NO4. The first kappa shape index (κ1) is 12.4. The number of amides is 1. The summed E-state index contributed by atoms with van der Waals surface area (Å²) in [6, 6.07) is 7.06. The normalized spacial score (nSPS) is 18.7. The zero-order valence-corrected chi connectivity index (χ0v) is 10.3.